The van der Waals surface area contributed by atoms with E-state index in [4.69, 9.17) is 0 Å². The Bertz CT molecular complexity index is 1350. The summed E-state index contributed by atoms with van der Waals surface area (Å²) in [6, 6.07) is 21.8. The molecule has 10 heteroatoms. The molecular formula is C23H21N5O3S2. The monoisotopic (exact) mass is 479 g/mol. The van der Waals surface area contributed by atoms with Crippen LogP contribution in [0.5, 0.6) is 0 Å². The van der Waals surface area contributed by atoms with Crippen molar-refractivity contribution in [3.05, 3.63) is 84.0 Å². The Morgan fingerprint density at radius 3 is 2.15 bits per heavy atom. The van der Waals surface area contributed by atoms with E-state index in [0.717, 1.165) is 10.6 Å². The van der Waals surface area contributed by atoms with Crippen LogP contribution < -0.4 is 0 Å². The maximum Gasteiger partial charge on any atom is 0.293 e. The number of para-hydroxylation sites is 1. The van der Waals surface area contributed by atoms with E-state index in [-0.39, 0.29) is 42.8 Å². The summed E-state index contributed by atoms with van der Waals surface area (Å²) in [6.45, 7) is 0.999. The molecule has 3 heterocycles. The molecule has 168 valence electrons. The molecule has 5 rings (SSSR count). The molecule has 2 aromatic carbocycles. The predicted octanol–water partition coefficient (Wildman–Crippen LogP) is 3.14. The fourth-order valence-electron chi connectivity index (χ4n) is 3.73. The first-order valence-corrected chi connectivity index (χ1v) is 12.8. The lowest BCUT2D eigenvalue weighted by Gasteiger charge is -2.33. The van der Waals surface area contributed by atoms with Gasteiger partial charge in [-0.1, -0.05) is 42.5 Å². The second-order valence-corrected chi connectivity index (χ2v) is 10.4. The number of nitrogens with zero attached hydrogens (tertiary/aromatic N) is 5. The first-order chi connectivity index (χ1) is 16.0. The van der Waals surface area contributed by atoms with Gasteiger partial charge in [-0.3, -0.25) is 4.79 Å². The largest absolute Gasteiger partial charge is 0.333 e. The second-order valence-electron chi connectivity index (χ2n) is 7.49. The van der Waals surface area contributed by atoms with Gasteiger partial charge < -0.3 is 4.90 Å². The lowest BCUT2D eigenvalue weighted by atomic mass is 10.3. The maximum atomic E-state index is 13.2. The third-order valence-electron chi connectivity index (χ3n) is 5.45. The lowest BCUT2D eigenvalue weighted by Crippen LogP contribution is -2.50. The zero-order valence-corrected chi connectivity index (χ0v) is 19.2. The topological polar surface area (TPSA) is 88.4 Å². The van der Waals surface area contributed by atoms with E-state index >= 15 is 0 Å². The predicted molar refractivity (Wildman–Crippen MR) is 126 cm³/mol. The summed E-state index contributed by atoms with van der Waals surface area (Å²) in [7, 11) is -3.58. The Labute approximate surface area is 195 Å². The molecule has 0 spiro atoms. The van der Waals surface area contributed by atoms with Crippen LogP contribution in [0.3, 0.4) is 0 Å². The first kappa shape index (κ1) is 21.5. The van der Waals surface area contributed by atoms with Crippen molar-refractivity contribution in [1.29, 1.82) is 0 Å². The molecule has 0 unspecified atom stereocenters. The van der Waals surface area contributed by atoms with Crippen molar-refractivity contribution in [3.8, 4) is 16.4 Å². The molecule has 0 aliphatic carbocycles. The molecule has 33 heavy (non-hydrogen) atoms. The van der Waals surface area contributed by atoms with Crippen molar-refractivity contribution in [2.75, 3.05) is 26.2 Å². The number of amides is 1. The molecule has 0 N–H and O–H groups in total. The Hall–Kier alpha value is -3.34. The van der Waals surface area contributed by atoms with Crippen molar-refractivity contribution in [2.45, 2.75) is 4.90 Å². The number of carbonyl (C=O) groups excluding carboxylic acids is 1. The van der Waals surface area contributed by atoms with Crippen LogP contribution in [0.1, 0.15) is 10.6 Å². The fraction of sp³-hybridized carbons (Fsp3) is 0.174. The number of carbonyl (C=O) groups is 1. The number of piperazine rings is 1. The summed E-state index contributed by atoms with van der Waals surface area (Å²) in [6.07, 6.45) is 0. The molecule has 1 aliphatic heterocycles. The molecule has 1 aliphatic rings. The number of rotatable bonds is 5. The maximum absolute atomic E-state index is 13.2. The minimum Gasteiger partial charge on any atom is -0.333 e. The standard InChI is InChI=1S/C23H21N5O3S2/c29-23(26-13-15-27(16-14-26)33(30,31)19-10-5-2-6-11-19)21-24-22(20-12-7-17-32-20)28(25-21)18-8-3-1-4-9-18/h1-12,17H,13-16H2. The average molecular weight is 480 g/mol. The normalized spacial score (nSPS) is 15.0. The minimum absolute atomic E-state index is 0.0987. The summed E-state index contributed by atoms with van der Waals surface area (Å²) in [5.41, 5.74) is 0.811. The van der Waals surface area contributed by atoms with E-state index in [1.165, 1.54) is 15.6 Å². The van der Waals surface area contributed by atoms with E-state index in [1.54, 1.807) is 39.9 Å². The Balaban J connectivity index is 1.37. The van der Waals surface area contributed by atoms with Gasteiger partial charge in [0.15, 0.2) is 5.82 Å². The molecule has 1 fully saturated rings. The van der Waals surface area contributed by atoms with Crippen LogP contribution in [-0.2, 0) is 10.0 Å². The van der Waals surface area contributed by atoms with Gasteiger partial charge in [0, 0.05) is 26.2 Å². The Kier molecular flexibility index (Phi) is 5.79. The summed E-state index contributed by atoms with van der Waals surface area (Å²) in [5.74, 6) is 0.394. The highest BCUT2D eigenvalue weighted by atomic mass is 32.2. The van der Waals surface area contributed by atoms with E-state index in [1.807, 2.05) is 47.8 Å². The third kappa shape index (κ3) is 4.20. The van der Waals surface area contributed by atoms with Crippen LogP contribution >= 0.6 is 11.3 Å². The highest BCUT2D eigenvalue weighted by Crippen LogP contribution is 2.26. The van der Waals surface area contributed by atoms with Crippen LogP contribution in [0, 0.1) is 0 Å². The van der Waals surface area contributed by atoms with Gasteiger partial charge in [-0.15, -0.1) is 16.4 Å². The summed E-state index contributed by atoms with van der Waals surface area (Å²) >= 11 is 1.52. The Morgan fingerprint density at radius 1 is 0.848 bits per heavy atom. The van der Waals surface area contributed by atoms with Gasteiger partial charge in [-0.25, -0.2) is 18.1 Å². The molecule has 8 nitrogen and oxygen atoms in total. The number of hydrogen-bond donors (Lipinski definition) is 0. The molecule has 0 atom stereocenters. The zero-order valence-electron chi connectivity index (χ0n) is 17.6. The van der Waals surface area contributed by atoms with Gasteiger partial charge in [0.25, 0.3) is 5.91 Å². The van der Waals surface area contributed by atoms with Crippen LogP contribution in [0.25, 0.3) is 16.4 Å². The molecule has 1 saturated heterocycles. The highest BCUT2D eigenvalue weighted by molar-refractivity contribution is 7.89. The summed E-state index contributed by atoms with van der Waals surface area (Å²) < 4.78 is 28.8. The van der Waals surface area contributed by atoms with Gasteiger partial charge >= 0.3 is 0 Å². The van der Waals surface area contributed by atoms with Crippen molar-refractivity contribution in [1.82, 2.24) is 24.0 Å². The number of sulfonamides is 1. The zero-order chi connectivity index (χ0) is 22.8. The first-order valence-electron chi connectivity index (χ1n) is 10.4. The van der Waals surface area contributed by atoms with Gasteiger partial charge in [0.05, 0.1) is 15.5 Å². The molecule has 0 saturated carbocycles. The molecule has 0 radical (unpaired) electrons. The minimum atomic E-state index is -3.58. The number of hydrogen-bond acceptors (Lipinski definition) is 6. The van der Waals surface area contributed by atoms with Crippen LogP contribution in [0.15, 0.2) is 83.1 Å². The van der Waals surface area contributed by atoms with E-state index in [9.17, 15) is 13.2 Å². The van der Waals surface area contributed by atoms with Gasteiger partial charge in [0.2, 0.25) is 15.8 Å². The number of benzene rings is 2. The fourth-order valence-corrected chi connectivity index (χ4v) is 5.87. The lowest BCUT2D eigenvalue weighted by molar-refractivity contribution is 0.0685. The average Bonchev–Trinajstić information content (AvgIpc) is 3.55. The van der Waals surface area contributed by atoms with E-state index < -0.39 is 10.0 Å². The van der Waals surface area contributed by atoms with E-state index in [0.29, 0.717) is 5.82 Å². The van der Waals surface area contributed by atoms with Gasteiger partial charge in [0.1, 0.15) is 0 Å². The quantitative estimate of drug-likeness (QED) is 0.439. The van der Waals surface area contributed by atoms with E-state index in [2.05, 4.69) is 10.1 Å². The molecule has 0 bridgehead atoms. The van der Waals surface area contributed by atoms with Gasteiger partial charge in [-0.2, -0.15) is 4.31 Å². The highest BCUT2D eigenvalue weighted by Gasteiger charge is 2.32. The Morgan fingerprint density at radius 2 is 1.52 bits per heavy atom. The number of aromatic nitrogens is 3. The van der Waals surface area contributed by atoms with Crippen LogP contribution in [0.2, 0.25) is 0 Å². The van der Waals surface area contributed by atoms with Crippen molar-refractivity contribution in [2.24, 2.45) is 0 Å². The molecule has 2 aromatic heterocycles. The smallest absolute Gasteiger partial charge is 0.293 e. The summed E-state index contributed by atoms with van der Waals surface area (Å²) in [4.78, 5) is 20.5. The second kappa shape index (κ2) is 8.89. The van der Waals surface area contributed by atoms with Gasteiger partial charge in [-0.05, 0) is 35.7 Å². The van der Waals surface area contributed by atoms with Crippen LogP contribution in [0.4, 0.5) is 0 Å². The van der Waals surface area contributed by atoms with Crippen molar-refractivity contribution in [3.63, 3.8) is 0 Å². The van der Waals surface area contributed by atoms with Crippen molar-refractivity contribution >= 4 is 27.3 Å². The van der Waals surface area contributed by atoms with Crippen molar-refractivity contribution < 1.29 is 13.2 Å². The summed E-state index contributed by atoms with van der Waals surface area (Å²) in [5, 5.41) is 6.47. The SMILES string of the molecule is O=C(c1nc(-c2cccs2)n(-c2ccccc2)n1)N1CCN(S(=O)(=O)c2ccccc2)CC1. The molecular weight excluding hydrogens is 458 g/mol. The third-order valence-corrected chi connectivity index (χ3v) is 8.23. The van der Waals surface area contributed by atoms with Crippen LogP contribution in [-0.4, -0.2) is 64.5 Å². The number of thiophene rings is 1. The molecule has 4 aromatic rings. The molecule has 1 amide bonds.